The maximum absolute atomic E-state index is 8.60. The van der Waals surface area contributed by atoms with Gasteiger partial charge in [0.05, 0.1) is 0 Å². The van der Waals surface area contributed by atoms with Crippen LogP contribution >= 0.6 is 0 Å². The number of hydrogen-bond acceptors (Lipinski definition) is 6. The third-order valence-corrected chi connectivity index (χ3v) is 2.86. The molecular weight excluding hydrogens is 258 g/mol. The Morgan fingerprint density at radius 2 is 2.10 bits per heavy atom. The minimum absolute atomic E-state index is 0.104. The number of amidine groups is 1. The summed E-state index contributed by atoms with van der Waals surface area (Å²) < 4.78 is 4.58. The van der Waals surface area contributed by atoms with Gasteiger partial charge in [-0.05, 0) is 30.1 Å². The zero-order chi connectivity index (χ0) is 14.2. The number of aryl methyl sites for hydroxylation is 1. The molecule has 2 rings (SSSR count). The van der Waals surface area contributed by atoms with Gasteiger partial charge in [0.15, 0.2) is 11.5 Å². The van der Waals surface area contributed by atoms with Crippen LogP contribution in [0.1, 0.15) is 23.4 Å². The van der Waals surface area contributed by atoms with Crippen LogP contribution in [0.25, 0.3) is 0 Å². The minimum atomic E-state index is -0.104. The molecule has 0 atom stereocenters. The Hall–Kier alpha value is -2.41. The van der Waals surface area contributed by atoms with Crippen molar-refractivity contribution < 1.29 is 9.84 Å². The highest BCUT2D eigenvalue weighted by Gasteiger charge is 2.13. The molecule has 0 aliphatic heterocycles. The molecule has 7 nitrogen and oxygen atoms in total. The van der Waals surface area contributed by atoms with E-state index >= 15 is 0 Å². The number of nitrogens with zero attached hydrogens (tertiary/aromatic N) is 3. The second kappa shape index (κ2) is 7.25. The van der Waals surface area contributed by atoms with Gasteiger partial charge < -0.3 is 16.3 Å². The second-order valence-corrected chi connectivity index (χ2v) is 4.31. The molecule has 0 aliphatic carbocycles. The fourth-order valence-corrected chi connectivity index (χ4v) is 1.83. The van der Waals surface area contributed by atoms with Gasteiger partial charge >= 0.3 is 0 Å². The van der Waals surface area contributed by atoms with Gasteiger partial charge in [-0.15, -0.1) is 0 Å². The number of benzene rings is 1. The number of aromatic nitrogens is 2. The molecule has 7 heteroatoms. The molecule has 1 heterocycles. The first-order valence-corrected chi connectivity index (χ1v) is 6.35. The van der Waals surface area contributed by atoms with E-state index in [1.54, 1.807) is 0 Å². The lowest BCUT2D eigenvalue weighted by molar-refractivity contribution is 0.300. The minimum Gasteiger partial charge on any atom is -0.409 e. The molecule has 1 aromatic carbocycles. The van der Waals surface area contributed by atoms with Crippen molar-refractivity contribution in [3.63, 3.8) is 0 Å². The highest BCUT2D eigenvalue weighted by molar-refractivity contribution is 5.95. The van der Waals surface area contributed by atoms with Crippen LogP contribution in [0.3, 0.4) is 0 Å². The molecule has 0 spiro atoms. The number of nitrogens with two attached hydrogens (primary N) is 1. The van der Waals surface area contributed by atoms with Crippen molar-refractivity contribution in [2.24, 2.45) is 10.9 Å². The van der Waals surface area contributed by atoms with Gasteiger partial charge in [-0.1, -0.05) is 40.6 Å². The Balaban J connectivity index is 1.73. The number of rotatable bonds is 7. The molecule has 0 unspecified atom stereocenters. The Bertz CT molecular complexity index is 553. The number of oxime groups is 1. The lowest BCUT2D eigenvalue weighted by atomic mass is 10.1. The van der Waals surface area contributed by atoms with E-state index in [2.05, 4.69) is 37.5 Å². The largest absolute Gasteiger partial charge is 0.409 e. The van der Waals surface area contributed by atoms with Crippen LogP contribution in [-0.2, 0) is 13.0 Å². The summed E-state index contributed by atoms with van der Waals surface area (Å²) in [5, 5.41) is 22.0. The van der Waals surface area contributed by atoms with Gasteiger partial charge in [-0.2, -0.15) is 0 Å². The Labute approximate surface area is 116 Å². The molecule has 0 fully saturated rings. The lowest BCUT2D eigenvalue weighted by Gasteiger charge is -2.03. The van der Waals surface area contributed by atoms with E-state index in [0.717, 1.165) is 19.4 Å². The van der Waals surface area contributed by atoms with Crippen LogP contribution in [0.2, 0.25) is 0 Å². The SMILES string of the molecule is N/C(=N\O)c1nonc1CNCCCc1ccccc1. The first kappa shape index (κ1) is 14.0. The summed E-state index contributed by atoms with van der Waals surface area (Å²) in [5.74, 6) is -0.104. The topological polar surface area (TPSA) is 110 Å². The van der Waals surface area contributed by atoms with Gasteiger partial charge in [0.1, 0.15) is 5.69 Å². The Morgan fingerprint density at radius 3 is 2.85 bits per heavy atom. The zero-order valence-electron chi connectivity index (χ0n) is 11.0. The van der Waals surface area contributed by atoms with E-state index in [9.17, 15) is 0 Å². The van der Waals surface area contributed by atoms with E-state index in [4.69, 9.17) is 10.9 Å². The quantitative estimate of drug-likeness (QED) is 0.227. The van der Waals surface area contributed by atoms with Crippen molar-refractivity contribution in [3.05, 3.63) is 47.3 Å². The van der Waals surface area contributed by atoms with Crippen LogP contribution in [0, 0.1) is 0 Å². The van der Waals surface area contributed by atoms with E-state index in [1.807, 2.05) is 18.2 Å². The summed E-state index contributed by atoms with van der Waals surface area (Å²) in [6, 6.07) is 10.3. The molecular formula is C13H17N5O2. The summed E-state index contributed by atoms with van der Waals surface area (Å²) in [7, 11) is 0. The van der Waals surface area contributed by atoms with Crippen molar-refractivity contribution in [1.29, 1.82) is 0 Å². The molecule has 0 saturated heterocycles. The van der Waals surface area contributed by atoms with Crippen LogP contribution in [0.15, 0.2) is 40.1 Å². The van der Waals surface area contributed by atoms with Gasteiger partial charge in [-0.3, -0.25) is 0 Å². The third kappa shape index (κ3) is 3.79. The lowest BCUT2D eigenvalue weighted by Crippen LogP contribution is -2.21. The van der Waals surface area contributed by atoms with Crippen molar-refractivity contribution in [3.8, 4) is 0 Å². The van der Waals surface area contributed by atoms with Crippen LogP contribution < -0.4 is 11.1 Å². The van der Waals surface area contributed by atoms with Crippen molar-refractivity contribution in [1.82, 2.24) is 15.6 Å². The van der Waals surface area contributed by atoms with Gasteiger partial charge in [0.25, 0.3) is 0 Å². The fraction of sp³-hybridized carbons (Fsp3) is 0.308. The average Bonchev–Trinajstić information content (AvgIpc) is 2.95. The summed E-state index contributed by atoms with van der Waals surface area (Å²) in [5.41, 5.74) is 7.56. The van der Waals surface area contributed by atoms with Crippen molar-refractivity contribution in [2.45, 2.75) is 19.4 Å². The van der Waals surface area contributed by atoms with Crippen molar-refractivity contribution in [2.75, 3.05) is 6.54 Å². The molecule has 106 valence electrons. The first-order valence-electron chi connectivity index (χ1n) is 6.35. The highest BCUT2D eigenvalue weighted by atomic mass is 16.6. The summed E-state index contributed by atoms with van der Waals surface area (Å²) in [6.45, 7) is 1.29. The third-order valence-electron chi connectivity index (χ3n) is 2.86. The normalized spacial score (nSPS) is 11.7. The zero-order valence-corrected chi connectivity index (χ0v) is 11.0. The highest BCUT2D eigenvalue weighted by Crippen LogP contribution is 2.03. The molecule has 0 radical (unpaired) electrons. The first-order chi connectivity index (χ1) is 9.81. The van der Waals surface area contributed by atoms with Crippen molar-refractivity contribution >= 4 is 5.84 Å². The smallest absolute Gasteiger partial charge is 0.194 e. The molecule has 0 aliphatic rings. The van der Waals surface area contributed by atoms with E-state index in [0.29, 0.717) is 12.2 Å². The predicted octanol–water partition coefficient (Wildman–Crippen LogP) is 0.886. The van der Waals surface area contributed by atoms with Gasteiger partial charge in [0.2, 0.25) is 0 Å². The number of nitrogens with one attached hydrogen (secondary N) is 1. The molecule has 2 aromatic rings. The van der Waals surface area contributed by atoms with Crippen LogP contribution in [0.5, 0.6) is 0 Å². The van der Waals surface area contributed by atoms with E-state index in [-0.39, 0.29) is 11.5 Å². The Kier molecular flexibility index (Phi) is 5.08. The second-order valence-electron chi connectivity index (χ2n) is 4.31. The van der Waals surface area contributed by atoms with E-state index < -0.39 is 0 Å². The molecule has 0 saturated carbocycles. The van der Waals surface area contributed by atoms with E-state index in [1.165, 1.54) is 5.56 Å². The maximum atomic E-state index is 8.60. The number of hydrogen-bond donors (Lipinski definition) is 3. The van der Waals surface area contributed by atoms with Crippen LogP contribution in [0.4, 0.5) is 0 Å². The molecule has 20 heavy (non-hydrogen) atoms. The fourth-order valence-electron chi connectivity index (χ4n) is 1.83. The standard InChI is InChI=1S/C13H17N5O2/c14-13(16-19)12-11(17-20-18-12)9-15-8-4-7-10-5-2-1-3-6-10/h1-3,5-6,15,19H,4,7-9H2,(H2,14,16). The summed E-state index contributed by atoms with van der Waals surface area (Å²) >= 11 is 0. The predicted molar refractivity (Wildman–Crippen MR) is 73.3 cm³/mol. The molecule has 4 N–H and O–H groups in total. The molecule has 0 bridgehead atoms. The van der Waals surface area contributed by atoms with Crippen LogP contribution in [-0.4, -0.2) is 27.9 Å². The summed E-state index contributed by atoms with van der Waals surface area (Å²) in [6.07, 6.45) is 2.02. The summed E-state index contributed by atoms with van der Waals surface area (Å²) in [4.78, 5) is 0. The Morgan fingerprint density at radius 1 is 1.30 bits per heavy atom. The monoisotopic (exact) mass is 275 g/mol. The molecule has 1 aromatic heterocycles. The average molecular weight is 275 g/mol. The van der Waals surface area contributed by atoms with Gasteiger partial charge in [-0.25, -0.2) is 4.63 Å². The maximum Gasteiger partial charge on any atom is 0.194 e. The van der Waals surface area contributed by atoms with Gasteiger partial charge in [0, 0.05) is 6.54 Å². The molecule has 0 amide bonds.